The van der Waals surface area contributed by atoms with E-state index in [0.717, 1.165) is 23.7 Å². The van der Waals surface area contributed by atoms with Crippen molar-refractivity contribution in [3.63, 3.8) is 0 Å². The standard InChI is InChI=1S/C19H21FN2O3/c1-4-13-7-5-6-8-16(13)21-18(23)12-22(2)19(24)15-11-14(20)9-10-17(15)25-3/h5-11H,4,12H2,1-3H3,(H,21,23). The molecule has 2 aromatic rings. The molecule has 0 saturated heterocycles. The number of methoxy groups -OCH3 is 1. The Bertz CT molecular complexity index is 777. The molecule has 0 saturated carbocycles. The third kappa shape index (κ3) is 4.56. The molecule has 0 aliphatic heterocycles. The number of ether oxygens (including phenoxy) is 1. The van der Waals surface area contributed by atoms with Gasteiger partial charge in [0.15, 0.2) is 0 Å². The number of anilines is 1. The molecule has 0 bridgehead atoms. The quantitative estimate of drug-likeness (QED) is 0.876. The highest BCUT2D eigenvalue weighted by Crippen LogP contribution is 2.21. The van der Waals surface area contributed by atoms with E-state index in [1.165, 1.54) is 31.2 Å². The van der Waals surface area contributed by atoms with E-state index in [9.17, 15) is 14.0 Å². The van der Waals surface area contributed by atoms with Crippen LogP contribution in [0.3, 0.4) is 0 Å². The Balaban J connectivity index is 2.08. The van der Waals surface area contributed by atoms with Crippen LogP contribution in [0.15, 0.2) is 42.5 Å². The molecule has 0 heterocycles. The number of nitrogens with zero attached hydrogens (tertiary/aromatic N) is 1. The van der Waals surface area contributed by atoms with E-state index in [0.29, 0.717) is 0 Å². The Hall–Kier alpha value is -2.89. The van der Waals surface area contributed by atoms with Crippen LogP contribution in [0.25, 0.3) is 0 Å². The van der Waals surface area contributed by atoms with E-state index in [4.69, 9.17) is 4.74 Å². The molecule has 5 nitrogen and oxygen atoms in total. The second kappa shape index (κ2) is 8.28. The number of likely N-dealkylation sites (N-methyl/N-ethyl adjacent to an activating group) is 1. The Morgan fingerprint density at radius 2 is 1.92 bits per heavy atom. The molecule has 0 aliphatic carbocycles. The summed E-state index contributed by atoms with van der Waals surface area (Å²) < 4.78 is 18.5. The van der Waals surface area contributed by atoms with Crippen LogP contribution in [-0.4, -0.2) is 37.4 Å². The minimum absolute atomic E-state index is 0.0757. The van der Waals surface area contributed by atoms with E-state index in [1.807, 2.05) is 31.2 Å². The lowest BCUT2D eigenvalue weighted by Gasteiger charge is -2.19. The van der Waals surface area contributed by atoms with Gasteiger partial charge in [0.25, 0.3) is 5.91 Å². The van der Waals surface area contributed by atoms with Gasteiger partial charge in [0.1, 0.15) is 11.6 Å². The van der Waals surface area contributed by atoms with Crippen molar-refractivity contribution in [2.45, 2.75) is 13.3 Å². The van der Waals surface area contributed by atoms with Gasteiger partial charge in [-0.25, -0.2) is 4.39 Å². The van der Waals surface area contributed by atoms with Crippen molar-refractivity contribution in [2.75, 3.05) is 26.0 Å². The van der Waals surface area contributed by atoms with Gasteiger partial charge in [0.05, 0.1) is 19.2 Å². The number of aryl methyl sites for hydroxylation is 1. The smallest absolute Gasteiger partial charge is 0.257 e. The number of nitrogens with one attached hydrogen (secondary N) is 1. The molecule has 0 atom stereocenters. The van der Waals surface area contributed by atoms with E-state index >= 15 is 0 Å². The van der Waals surface area contributed by atoms with Crippen molar-refractivity contribution in [2.24, 2.45) is 0 Å². The van der Waals surface area contributed by atoms with Gasteiger partial charge in [-0.3, -0.25) is 9.59 Å². The van der Waals surface area contributed by atoms with Gasteiger partial charge in [-0.05, 0) is 36.2 Å². The molecule has 6 heteroatoms. The van der Waals surface area contributed by atoms with Crippen LogP contribution in [0, 0.1) is 5.82 Å². The first-order valence-electron chi connectivity index (χ1n) is 7.93. The Morgan fingerprint density at radius 3 is 2.60 bits per heavy atom. The fourth-order valence-electron chi connectivity index (χ4n) is 2.48. The minimum Gasteiger partial charge on any atom is -0.496 e. The van der Waals surface area contributed by atoms with E-state index < -0.39 is 11.7 Å². The minimum atomic E-state index is -0.543. The highest BCUT2D eigenvalue weighted by Gasteiger charge is 2.20. The summed E-state index contributed by atoms with van der Waals surface area (Å²) in [6.07, 6.45) is 0.783. The zero-order valence-corrected chi connectivity index (χ0v) is 14.5. The third-order valence-corrected chi connectivity index (χ3v) is 3.79. The van der Waals surface area contributed by atoms with Crippen LogP contribution < -0.4 is 10.1 Å². The average molecular weight is 344 g/mol. The van der Waals surface area contributed by atoms with E-state index in [-0.39, 0.29) is 23.8 Å². The molecule has 1 N–H and O–H groups in total. The summed E-state index contributed by atoms with van der Waals surface area (Å²) in [5.41, 5.74) is 1.81. The lowest BCUT2D eigenvalue weighted by atomic mass is 10.1. The molecule has 0 fully saturated rings. The maximum Gasteiger partial charge on any atom is 0.257 e. The number of amides is 2. The molecule has 0 unspecified atom stereocenters. The lowest BCUT2D eigenvalue weighted by molar-refractivity contribution is -0.116. The van der Waals surface area contributed by atoms with Gasteiger partial charge >= 0.3 is 0 Å². The second-order valence-corrected chi connectivity index (χ2v) is 5.56. The lowest BCUT2D eigenvalue weighted by Crippen LogP contribution is -2.35. The second-order valence-electron chi connectivity index (χ2n) is 5.56. The monoisotopic (exact) mass is 344 g/mol. The highest BCUT2D eigenvalue weighted by atomic mass is 19.1. The normalized spacial score (nSPS) is 10.2. The van der Waals surface area contributed by atoms with Crippen LogP contribution in [0.5, 0.6) is 5.75 Å². The number of para-hydroxylation sites is 1. The number of rotatable bonds is 6. The van der Waals surface area contributed by atoms with Crippen molar-refractivity contribution in [1.29, 1.82) is 0 Å². The summed E-state index contributed by atoms with van der Waals surface area (Å²) >= 11 is 0. The SMILES string of the molecule is CCc1ccccc1NC(=O)CN(C)C(=O)c1cc(F)ccc1OC. The average Bonchev–Trinajstić information content (AvgIpc) is 2.61. The van der Waals surface area contributed by atoms with Crippen LogP contribution in [0.4, 0.5) is 10.1 Å². The zero-order valence-electron chi connectivity index (χ0n) is 14.5. The molecular weight excluding hydrogens is 323 g/mol. The van der Waals surface area contributed by atoms with Gasteiger partial charge in [-0.2, -0.15) is 0 Å². The fourth-order valence-corrected chi connectivity index (χ4v) is 2.48. The number of carbonyl (C=O) groups is 2. The van der Waals surface area contributed by atoms with E-state index in [2.05, 4.69) is 5.32 Å². The van der Waals surface area contributed by atoms with Crippen molar-refractivity contribution in [1.82, 2.24) is 4.90 Å². The summed E-state index contributed by atoms with van der Waals surface area (Å²) in [6, 6.07) is 11.2. The van der Waals surface area contributed by atoms with Crippen LogP contribution in [-0.2, 0) is 11.2 Å². The summed E-state index contributed by atoms with van der Waals surface area (Å²) in [5.74, 6) is -1.10. The van der Waals surface area contributed by atoms with Gasteiger partial charge in [-0.1, -0.05) is 25.1 Å². The van der Waals surface area contributed by atoms with Gasteiger partial charge < -0.3 is 15.0 Å². The first-order valence-corrected chi connectivity index (χ1v) is 7.93. The molecule has 2 rings (SSSR count). The zero-order chi connectivity index (χ0) is 18.4. The predicted octanol–water partition coefficient (Wildman–Crippen LogP) is 3.11. The molecule has 0 radical (unpaired) electrons. The number of benzene rings is 2. The maximum absolute atomic E-state index is 13.4. The summed E-state index contributed by atoms with van der Waals surface area (Å²) in [5, 5.41) is 2.80. The number of carbonyl (C=O) groups excluding carboxylic acids is 2. The summed E-state index contributed by atoms with van der Waals surface area (Å²) in [4.78, 5) is 25.9. The van der Waals surface area contributed by atoms with Crippen LogP contribution in [0.1, 0.15) is 22.8 Å². The largest absolute Gasteiger partial charge is 0.496 e. The molecule has 0 aromatic heterocycles. The molecular formula is C19H21FN2O3. The van der Waals surface area contributed by atoms with Crippen molar-refractivity contribution in [3.8, 4) is 5.75 Å². The Labute approximate surface area is 146 Å². The Morgan fingerprint density at radius 1 is 1.20 bits per heavy atom. The maximum atomic E-state index is 13.4. The number of hydrogen-bond donors (Lipinski definition) is 1. The topological polar surface area (TPSA) is 58.6 Å². The number of halogens is 1. The first-order chi connectivity index (χ1) is 12.0. The molecule has 132 valence electrons. The van der Waals surface area contributed by atoms with Gasteiger partial charge in [0, 0.05) is 12.7 Å². The van der Waals surface area contributed by atoms with Gasteiger partial charge in [-0.15, -0.1) is 0 Å². The summed E-state index contributed by atoms with van der Waals surface area (Å²) in [6.45, 7) is 1.84. The first kappa shape index (κ1) is 18.4. The highest BCUT2D eigenvalue weighted by molar-refractivity contribution is 6.01. The van der Waals surface area contributed by atoms with Crippen LogP contribution >= 0.6 is 0 Å². The fraction of sp³-hybridized carbons (Fsp3) is 0.263. The Kier molecular flexibility index (Phi) is 6.11. The molecule has 25 heavy (non-hydrogen) atoms. The molecule has 2 amide bonds. The summed E-state index contributed by atoms with van der Waals surface area (Å²) in [7, 11) is 2.89. The predicted molar refractivity (Wildman–Crippen MR) is 94.4 cm³/mol. The molecule has 0 spiro atoms. The van der Waals surface area contributed by atoms with Gasteiger partial charge in [0.2, 0.25) is 5.91 Å². The molecule has 0 aliphatic rings. The molecule has 2 aromatic carbocycles. The third-order valence-electron chi connectivity index (χ3n) is 3.79. The van der Waals surface area contributed by atoms with Crippen LogP contribution in [0.2, 0.25) is 0 Å². The van der Waals surface area contributed by atoms with Crippen molar-refractivity contribution in [3.05, 3.63) is 59.4 Å². The number of hydrogen-bond acceptors (Lipinski definition) is 3. The van der Waals surface area contributed by atoms with Crippen molar-refractivity contribution < 1.29 is 18.7 Å². The van der Waals surface area contributed by atoms with Crippen molar-refractivity contribution >= 4 is 17.5 Å². The van der Waals surface area contributed by atoms with E-state index in [1.54, 1.807) is 0 Å².